The molecule has 0 fully saturated rings. The number of nitro benzene ring substituents is 1. The Bertz CT molecular complexity index is 558. The minimum atomic E-state index is -1.35. The number of carboxylic acids is 1. The monoisotopic (exact) mass is 317 g/mol. The molecule has 21 heavy (non-hydrogen) atoms. The largest absolute Gasteiger partial charge is 0.491 e. The van der Waals surface area contributed by atoms with Crippen molar-refractivity contribution in [3.8, 4) is 5.75 Å². The highest BCUT2D eigenvalue weighted by atomic mass is 35.5. The molecule has 1 aromatic rings. The second-order valence-corrected chi connectivity index (χ2v) is 5.34. The van der Waals surface area contributed by atoms with Crippen LogP contribution in [0.15, 0.2) is 12.1 Å². The zero-order valence-electron chi connectivity index (χ0n) is 11.9. The third-order valence-electron chi connectivity index (χ3n) is 2.97. The van der Waals surface area contributed by atoms with Crippen molar-refractivity contribution in [1.82, 2.24) is 0 Å². The summed E-state index contributed by atoms with van der Waals surface area (Å²) in [5, 5.41) is 19.7. The van der Waals surface area contributed by atoms with Crippen molar-refractivity contribution in [3.63, 3.8) is 0 Å². The molecule has 0 amide bonds. The molecule has 116 valence electrons. The molecule has 7 nitrogen and oxygen atoms in total. The smallest absolute Gasteiger partial charge is 0.339 e. The van der Waals surface area contributed by atoms with Gasteiger partial charge in [0.25, 0.3) is 5.69 Å². The maximum absolute atomic E-state index is 11.2. The minimum Gasteiger partial charge on any atom is -0.491 e. The molecule has 0 bridgehead atoms. The maximum Gasteiger partial charge on any atom is 0.339 e. The average Bonchev–Trinajstić information content (AvgIpc) is 2.39. The van der Waals surface area contributed by atoms with Crippen LogP contribution in [0.1, 0.15) is 30.6 Å². The summed E-state index contributed by atoms with van der Waals surface area (Å²) >= 11 is 5.88. The fraction of sp³-hybridized carbons (Fsp3) is 0.462. The number of hydrogen-bond donors (Lipinski definition) is 1. The van der Waals surface area contributed by atoms with E-state index in [-0.39, 0.29) is 22.9 Å². The first-order chi connectivity index (χ1) is 9.68. The van der Waals surface area contributed by atoms with Crippen molar-refractivity contribution >= 4 is 23.3 Å². The Balaban J connectivity index is 3.01. The maximum atomic E-state index is 11.2. The fourth-order valence-corrected chi connectivity index (χ4v) is 1.76. The van der Waals surface area contributed by atoms with Gasteiger partial charge in [0, 0.05) is 25.7 Å². The first-order valence-corrected chi connectivity index (χ1v) is 6.45. The lowest BCUT2D eigenvalue weighted by Crippen LogP contribution is -2.25. The van der Waals surface area contributed by atoms with E-state index in [0.717, 1.165) is 12.1 Å². The number of benzene rings is 1. The van der Waals surface area contributed by atoms with E-state index in [9.17, 15) is 14.9 Å². The lowest BCUT2D eigenvalue weighted by atomic mass is 10.1. The summed E-state index contributed by atoms with van der Waals surface area (Å²) in [6, 6.07) is 1.98. The lowest BCUT2D eigenvalue weighted by molar-refractivity contribution is -0.384. The van der Waals surface area contributed by atoms with Gasteiger partial charge in [0.15, 0.2) is 5.75 Å². The number of nitro groups is 1. The molecule has 0 aliphatic heterocycles. The van der Waals surface area contributed by atoms with Crippen LogP contribution in [-0.2, 0) is 4.74 Å². The van der Waals surface area contributed by atoms with Crippen molar-refractivity contribution in [1.29, 1.82) is 0 Å². The van der Waals surface area contributed by atoms with Gasteiger partial charge >= 0.3 is 5.97 Å². The quantitative estimate of drug-likeness (QED) is 0.612. The van der Waals surface area contributed by atoms with Crippen LogP contribution in [0.25, 0.3) is 0 Å². The Morgan fingerprint density at radius 2 is 2.10 bits per heavy atom. The zero-order chi connectivity index (χ0) is 16.2. The number of ether oxygens (including phenoxy) is 2. The van der Waals surface area contributed by atoms with Gasteiger partial charge in [-0.25, -0.2) is 4.79 Å². The molecule has 0 aliphatic carbocycles. The number of non-ortho nitro benzene ring substituents is 1. The second kappa shape index (κ2) is 6.73. The van der Waals surface area contributed by atoms with E-state index in [4.69, 9.17) is 26.2 Å². The summed E-state index contributed by atoms with van der Waals surface area (Å²) in [6.07, 6.45) is 0.496. The van der Waals surface area contributed by atoms with E-state index >= 15 is 0 Å². The van der Waals surface area contributed by atoms with Gasteiger partial charge in [-0.3, -0.25) is 10.1 Å². The summed E-state index contributed by atoms with van der Waals surface area (Å²) in [4.78, 5) is 21.2. The number of carboxylic acid groups (broad SMARTS) is 1. The molecular weight excluding hydrogens is 302 g/mol. The normalized spacial score (nSPS) is 11.2. The van der Waals surface area contributed by atoms with Crippen molar-refractivity contribution < 1.29 is 24.3 Å². The van der Waals surface area contributed by atoms with E-state index < -0.39 is 22.2 Å². The van der Waals surface area contributed by atoms with Gasteiger partial charge in [0.1, 0.15) is 5.56 Å². The summed E-state index contributed by atoms with van der Waals surface area (Å²) in [7, 11) is 1.56. The van der Waals surface area contributed by atoms with Crippen molar-refractivity contribution in [3.05, 3.63) is 32.8 Å². The van der Waals surface area contributed by atoms with Crippen molar-refractivity contribution in [2.45, 2.75) is 25.9 Å². The standard InChI is InChI=1S/C13H16ClNO6/c1-13(2,20-3)4-5-21-11-9(12(16)17)6-8(15(18)19)7-10(11)14/h6-7H,4-5H2,1-3H3,(H,16,17). The number of hydrogen-bond acceptors (Lipinski definition) is 5. The first-order valence-electron chi connectivity index (χ1n) is 6.07. The Kier molecular flexibility index (Phi) is 5.51. The highest BCUT2D eigenvalue weighted by Gasteiger charge is 2.22. The molecule has 0 unspecified atom stereocenters. The van der Waals surface area contributed by atoms with Crippen LogP contribution in [0.4, 0.5) is 5.69 Å². The van der Waals surface area contributed by atoms with E-state index in [2.05, 4.69) is 0 Å². The number of aromatic carboxylic acids is 1. The number of methoxy groups -OCH3 is 1. The topological polar surface area (TPSA) is 98.9 Å². The number of halogens is 1. The SMILES string of the molecule is COC(C)(C)CCOc1c(Cl)cc([N+](=O)[O-])cc1C(=O)O. The Morgan fingerprint density at radius 1 is 1.48 bits per heavy atom. The van der Waals surface area contributed by atoms with E-state index in [0.29, 0.717) is 6.42 Å². The molecule has 0 radical (unpaired) electrons. The summed E-state index contributed by atoms with van der Waals surface area (Å²) in [5.74, 6) is -1.43. The summed E-state index contributed by atoms with van der Waals surface area (Å²) < 4.78 is 10.6. The molecule has 1 N–H and O–H groups in total. The third kappa shape index (κ3) is 4.57. The van der Waals surface area contributed by atoms with Gasteiger partial charge in [0.2, 0.25) is 0 Å². The minimum absolute atomic E-state index is 0.0818. The molecule has 0 saturated carbocycles. The molecule has 0 saturated heterocycles. The number of nitrogens with zero attached hydrogens (tertiary/aromatic N) is 1. The first kappa shape index (κ1) is 17.2. The lowest BCUT2D eigenvalue weighted by Gasteiger charge is -2.23. The highest BCUT2D eigenvalue weighted by Crippen LogP contribution is 2.34. The van der Waals surface area contributed by atoms with Gasteiger partial charge in [-0.15, -0.1) is 0 Å². The van der Waals surface area contributed by atoms with Gasteiger partial charge in [-0.2, -0.15) is 0 Å². The van der Waals surface area contributed by atoms with Gasteiger partial charge in [-0.1, -0.05) is 11.6 Å². The summed E-state index contributed by atoms with van der Waals surface area (Å²) in [5.41, 5.74) is -1.18. The van der Waals surface area contributed by atoms with Gasteiger partial charge < -0.3 is 14.6 Å². The Morgan fingerprint density at radius 3 is 2.57 bits per heavy atom. The molecule has 0 atom stereocenters. The van der Waals surface area contributed by atoms with Crippen LogP contribution in [0, 0.1) is 10.1 Å². The second-order valence-electron chi connectivity index (χ2n) is 4.93. The van der Waals surface area contributed by atoms with Crippen molar-refractivity contribution in [2.24, 2.45) is 0 Å². The Labute approximate surface area is 126 Å². The van der Waals surface area contributed by atoms with E-state index in [1.165, 1.54) is 0 Å². The molecular formula is C13H16ClNO6. The Hall–Kier alpha value is -1.86. The predicted octanol–water partition coefficient (Wildman–Crippen LogP) is 3.14. The number of carbonyl (C=O) groups is 1. The van der Waals surface area contributed by atoms with Crippen LogP contribution < -0.4 is 4.74 Å². The van der Waals surface area contributed by atoms with Gasteiger partial charge in [-0.05, 0) is 13.8 Å². The molecule has 0 aliphatic rings. The molecule has 8 heteroatoms. The van der Waals surface area contributed by atoms with Crippen molar-refractivity contribution in [2.75, 3.05) is 13.7 Å². The molecule has 0 heterocycles. The third-order valence-corrected chi connectivity index (χ3v) is 3.25. The van der Waals surface area contributed by atoms with Crippen LogP contribution in [-0.4, -0.2) is 35.3 Å². The fourth-order valence-electron chi connectivity index (χ4n) is 1.49. The molecule has 1 aromatic carbocycles. The van der Waals surface area contributed by atoms with E-state index in [1.54, 1.807) is 7.11 Å². The van der Waals surface area contributed by atoms with E-state index in [1.807, 2.05) is 13.8 Å². The van der Waals surface area contributed by atoms with Crippen LogP contribution in [0.3, 0.4) is 0 Å². The zero-order valence-corrected chi connectivity index (χ0v) is 12.6. The average molecular weight is 318 g/mol. The molecule has 0 aromatic heterocycles. The highest BCUT2D eigenvalue weighted by molar-refractivity contribution is 6.32. The summed E-state index contributed by atoms with van der Waals surface area (Å²) in [6.45, 7) is 3.87. The molecule has 1 rings (SSSR count). The predicted molar refractivity (Wildman–Crippen MR) is 76.3 cm³/mol. The van der Waals surface area contributed by atoms with Crippen LogP contribution in [0.5, 0.6) is 5.75 Å². The van der Waals surface area contributed by atoms with Crippen LogP contribution >= 0.6 is 11.6 Å². The van der Waals surface area contributed by atoms with Gasteiger partial charge in [0.05, 0.1) is 22.2 Å². The molecule has 0 spiro atoms. The van der Waals surface area contributed by atoms with Crippen LogP contribution in [0.2, 0.25) is 5.02 Å². The number of rotatable bonds is 7.